The highest BCUT2D eigenvalue weighted by molar-refractivity contribution is 5.90. The van der Waals surface area contributed by atoms with Gasteiger partial charge in [0.15, 0.2) is 11.5 Å². The molecule has 0 saturated carbocycles. The molecule has 4 atom stereocenters. The molecule has 4 rings (SSSR count). The van der Waals surface area contributed by atoms with Crippen LogP contribution in [0.25, 0.3) is 0 Å². The molecule has 2 aliphatic rings. The van der Waals surface area contributed by atoms with Crippen LogP contribution in [0.15, 0.2) is 48.5 Å². The molecular weight excluding hydrogens is 426 g/mol. The first-order valence-electron chi connectivity index (χ1n) is 11.1. The van der Waals surface area contributed by atoms with Gasteiger partial charge in [0.25, 0.3) is 0 Å². The maximum atomic E-state index is 12.5. The molecule has 9 nitrogen and oxygen atoms in total. The Bertz CT molecular complexity index is 970. The van der Waals surface area contributed by atoms with Gasteiger partial charge in [-0.05, 0) is 37.5 Å². The van der Waals surface area contributed by atoms with Gasteiger partial charge < -0.3 is 35.3 Å². The lowest BCUT2D eigenvalue weighted by molar-refractivity contribution is -0.131. The molecule has 0 aliphatic carbocycles. The van der Waals surface area contributed by atoms with Crippen molar-refractivity contribution >= 4 is 17.6 Å². The maximum absolute atomic E-state index is 12.5. The molecule has 2 aromatic carbocycles. The van der Waals surface area contributed by atoms with Crippen molar-refractivity contribution in [2.75, 3.05) is 18.7 Å². The Morgan fingerprint density at radius 3 is 2.67 bits per heavy atom. The van der Waals surface area contributed by atoms with Crippen LogP contribution < -0.4 is 25.4 Å². The van der Waals surface area contributed by atoms with Crippen molar-refractivity contribution in [3.63, 3.8) is 0 Å². The standard InChI is InChI=1S/C24H29N3O6/c1-15(16-5-3-2-4-6-16)25-23(29)12-18-8-9-19(22(13-28)33-18)27-24(30)26-17-7-10-20-21(11-17)32-14-31-20/h2-7,10-11,15,18-19,22,28H,8-9,12-14H2,1H3,(H,25,29)(H2,26,27,30)/t15-,18+,19+,22-/m1/s1. The number of carbonyl (C=O) groups excluding carboxylic acids is 2. The second-order valence-electron chi connectivity index (χ2n) is 8.23. The van der Waals surface area contributed by atoms with Gasteiger partial charge >= 0.3 is 6.03 Å². The van der Waals surface area contributed by atoms with Crippen LogP contribution in [0, 0.1) is 0 Å². The summed E-state index contributed by atoms with van der Waals surface area (Å²) in [4.78, 5) is 24.9. The van der Waals surface area contributed by atoms with E-state index >= 15 is 0 Å². The highest BCUT2D eigenvalue weighted by Crippen LogP contribution is 2.34. The van der Waals surface area contributed by atoms with Crippen LogP contribution in [0.1, 0.15) is 37.8 Å². The molecule has 1 fully saturated rings. The summed E-state index contributed by atoms with van der Waals surface area (Å²) >= 11 is 0. The Hall–Kier alpha value is -3.30. The summed E-state index contributed by atoms with van der Waals surface area (Å²) in [5, 5.41) is 18.4. The van der Waals surface area contributed by atoms with Gasteiger partial charge in [0.2, 0.25) is 12.7 Å². The Labute approximate surface area is 192 Å². The smallest absolute Gasteiger partial charge is 0.319 e. The summed E-state index contributed by atoms with van der Waals surface area (Å²) in [6.07, 6.45) is 0.472. The molecule has 0 radical (unpaired) electrons. The topological polar surface area (TPSA) is 118 Å². The average Bonchev–Trinajstić information content (AvgIpc) is 3.28. The minimum atomic E-state index is -0.592. The lowest BCUT2D eigenvalue weighted by atomic mass is 9.97. The molecule has 176 valence electrons. The third-order valence-corrected chi connectivity index (χ3v) is 5.83. The van der Waals surface area contributed by atoms with Crippen LogP contribution >= 0.6 is 0 Å². The van der Waals surface area contributed by atoms with E-state index in [-0.39, 0.29) is 43.9 Å². The monoisotopic (exact) mass is 455 g/mol. The zero-order valence-electron chi connectivity index (χ0n) is 18.5. The van der Waals surface area contributed by atoms with E-state index in [1.54, 1.807) is 18.2 Å². The number of aliphatic hydroxyl groups is 1. The van der Waals surface area contributed by atoms with Crippen molar-refractivity contribution in [1.29, 1.82) is 0 Å². The number of benzene rings is 2. The fourth-order valence-electron chi connectivity index (χ4n) is 4.09. The first-order valence-corrected chi connectivity index (χ1v) is 11.1. The van der Waals surface area contributed by atoms with Crippen LogP contribution in [-0.2, 0) is 9.53 Å². The van der Waals surface area contributed by atoms with E-state index < -0.39 is 12.1 Å². The quantitative estimate of drug-likeness (QED) is 0.510. The molecule has 0 spiro atoms. The molecule has 2 aromatic rings. The first kappa shape index (κ1) is 22.9. The molecule has 9 heteroatoms. The lowest BCUT2D eigenvalue weighted by Gasteiger charge is -2.36. The number of ether oxygens (including phenoxy) is 3. The van der Waals surface area contributed by atoms with Gasteiger partial charge in [-0.25, -0.2) is 4.79 Å². The van der Waals surface area contributed by atoms with Gasteiger partial charge in [0, 0.05) is 11.8 Å². The molecule has 1 saturated heterocycles. The average molecular weight is 456 g/mol. The van der Waals surface area contributed by atoms with Crippen molar-refractivity contribution in [3.05, 3.63) is 54.1 Å². The van der Waals surface area contributed by atoms with E-state index in [0.29, 0.717) is 30.0 Å². The molecule has 4 N–H and O–H groups in total. The summed E-state index contributed by atoms with van der Waals surface area (Å²) in [5.41, 5.74) is 1.59. The van der Waals surface area contributed by atoms with E-state index in [1.165, 1.54) is 0 Å². The first-order chi connectivity index (χ1) is 16.0. The van der Waals surface area contributed by atoms with Crippen molar-refractivity contribution in [1.82, 2.24) is 10.6 Å². The summed E-state index contributed by atoms with van der Waals surface area (Å²) in [6, 6.07) is 14.0. The third kappa shape index (κ3) is 5.94. The SMILES string of the molecule is C[C@@H](NC(=O)C[C@@H]1CC[C@H](NC(=O)Nc2ccc3c(c2)OCO3)[C@@H](CO)O1)c1ccccc1. The number of aliphatic hydroxyl groups excluding tert-OH is 1. The summed E-state index contributed by atoms with van der Waals surface area (Å²) in [6.45, 7) is 1.84. The fourth-order valence-corrected chi connectivity index (χ4v) is 4.09. The highest BCUT2D eigenvalue weighted by atomic mass is 16.7. The minimum Gasteiger partial charge on any atom is -0.454 e. The van der Waals surface area contributed by atoms with Crippen LogP contribution in [-0.4, -0.2) is 48.7 Å². The number of carbonyl (C=O) groups is 2. The van der Waals surface area contributed by atoms with Crippen LogP contribution in [0.2, 0.25) is 0 Å². The number of rotatable bonds is 7. The van der Waals surface area contributed by atoms with Gasteiger partial charge in [-0.2, -0.15) is 0 Å². The van der Waals surface area contributed by atoms with Crippen molar-refractivity contribution in [3.8, 4) is 11.5 Å². The number of hydrogen-bond acceptors (Lipinski definition) is 6. The third-order valence-electron chi connectivity index (χ3n) is 5.83. The minimum absolute atomic E-state index is 0.106. The van der Waals surface area contributed by atoms with E-state index in [1.807, 2.05) is 37.3 Å². The predicted octanol–water partition coefficient (Wildman–Crippen LogP) is 2.71. The number of hydrogen-bond donors (Lipinski definition) is 4. The van der Waals surface area contributed by atoms with Crippen LogP contribution in [0.4, 0.5) is 10.5 Å². The van der Waals surface area contributed by atoms with E-state index in [2.05, 4.69) is 16.0 Å². The van der Waals surface area contributed by atoms with Gasteiger partial charge in [0.05, 0.1) is 31.2 Å². The molecule has 2 aliphatic heterocycles. The Kier molecular flexibility index (Phi) is 7.31. The van der Waals surface area contributed by atoms with E-state index in [9.17, 15) is 14.7 Å². The van der Waals surface area contributed by atoms with Crippen molar-refractivity contribution < 1.29 is 28.9 Å². The van der Waals surface area contributed by atoms with Crippen molar-refractivity contribution in [2.45, 2.75) is 50.5 Å². The summed E-state index contributed by atoms with van der Waals surface area (Å²) in [5.74, 6) is 1.10. The Morgan fingerprint density at radius 1 is 1.09 bits per heavy atom. The number of anilines is 1. The lowest BCUT2D eigenvalue weighted by Crippen LogP contribution is -2.52. The zero-order valence-corrected chi connectivity index (χ0v) is 18.5. The second-order valence-corrected chi connectivity index (χ2v) is 8.23. The largest absolute Gasteiger partial charge is 0.454 e. The molecule has 33 heavy (non-hydrogen) atoms. The molecule has 3 amide bonds. The fraction of sp³-hybridized carbons (Fsp3) is 0.417. The summed E-state index contributed by atoms with van der Waals surface area (Å²) < 4.78 is 16.5. The van der Waals surface area contributed by atoms with E-state index in [4.69, 9.17) is 14.2 Å². The predicted molar refractivity (Wildman–Crippen MR) is 121 cm³/mol. The van der Waals surface area contributed by atoms with Gasteiger partial charge in [-0.3, -0.25) is 4.79 Å². The zero-order chi connectivity index (χ0) is 23.2. The van der Waals surface area contributed by atoms with Crippen molar-refractivity contribution in [2.24, 2.45) is 0 Å². The highest BCUT2D eigenvalue weighted by Gasteiger charge is 2.33. The molecule has 2 heterocycles. The molecule has 0 aromatic heterocycles. The van der Waals surface area contributed by atoms with Gasteiger partial charge in [-0.15, -0.1) is 0 Å². The normalized spacial score (nSPS) is 22.3. The number of urea groups is 1. The van der Waals surface area contributed by atoms with Gasteiger partial charge in [0.1, 0.15) is 6.10 Å². The second kappa shape index (κ2) is 10.5. The van der Waals surface area contributed by atoms with Crippen LogP contribution in [0.5, 0.6) is 11.5 Å². The maximum Gasteiger partial charge on any atom is 0.319 e. The van der Waals surface area contributed by atoms with E-state index in [0.717, 1.165) is 5.56 Å². The number of amides is 3. The van der Waals surface area contributed by atoms with Crippen LogP contribution in [0.3, 0.4) is 0 Å². The summed E-state index contributed by atoms with van der Waals surface area (Å²) in [7, 11) is 0. The van der Waals surface area contributed by atoms with Gasteiger partial charge in [-0.1, -0.05) is 30.3 Å². The Balaban J connectivity index is 1.25. The molecule has 0 unspecified atom stereocenters. The number of fused-ring (bicyclic) bond motifs is 1. The molecular formula is C24H29N3O6. The molecule has 0 bridgehead atoms. The Morgan fingerprint density at radius 2 is 1.88 bits per heavy atom. The number of nitrogens with one attached hydrogen (secondary N) is 3.